The van der Waals surface area contributed by atoms with Crippen molar-refractivity contribution in [1.29, 1.82) is 0 Å². The number of halogens is 1. The van der Waals surface area contributed by atoms with Crippen LogP contribution in [-0.4, -0.2) is 671 Å². The lowest BCUT2D eigenvalue weighted by Gasteiger charge is -2.39. The molecular formula is C101H215FN28O3. The summed E-state index contributed by atoms with van der Waals surface area (Å²) in [6.07, 6.45) is 22.9. The van der Waals surface area contributed by atoms with E-state index in [1.165, 1.54) is 345 Å². The van der Waals surface area contributed by atoms with Gasteiger partial charge in [-0.15, -0.1) is 0 Å². The molecule has 18 saturated heterocycles. The van der Waals surface area contributed by atoms with Crippen molar-refractivity contribution >= 4 is 0 Å². The predicted molar refractivity (Wildman–Crippen MR) is 558 cm³/mol. The Balaban J connectivity index is 0.000000179. The first-order valence-electron chi connectivity index (χ1n) is 54.3. The molecule has 2 spiro atoms. The number of piperidine rings is 2. The zero-order valence-corrected chi connectivity index (χ0v) is 89.6. The molecule has 0 bridgehead atoms. The number of morpholine rings is 2. The molecule has 0 radical (unpaired) electrons. The van der Waals surface area contributed by atoms with Crippen LogP contribution in [-0.2, 0) is 9.47 Å². The number of fused-ring (bicyclic) bond motifs is 2. The first kappa shape index (κ1) is 117. The van der Waals surface area contributed by atoms with Gasteiger partial charge in [0.2, 0.25) is 0 Å². The number of hydrogen-bond acceptors (Lipinski definition) is 31. The summed E-state index contributed by atoms with van der Waals surface area (Å²) in [4.78, 5) is 55.8. The second-order valence-electron chi connectivity index (χ2n) is 44.2. The number of hydrogen-bond donors (Lipinski definition) is 6. The van der Waals surface area contributed by atoms with Crippen molar-refractivity contribution in [3.63, 3.8) is 0 Å². The minimum atomic E-state index is -0.205. The third-order valence-electron chi connectivity index (χ3n) is 32.2. The van der Waals surface area contributed by atoms with Crippen molar-refractivity contribution in [2.24, 2.45) is 5.73 Å². The monoisotopic (exact) mass is 1890 g/mol. The topological polar surface area (TPSA) is 187 Å². The lowest BCUT2D eigenvalue weighted by Crippen LogP contribution is -2.51. The van der Waals surface area contributed by atoms with E-state index in [0.717, 1.165) is 155 Å². The first-order chi connectivity index (χ1) is 64.2. The van der Waals surface area contributed by atoms with Gasteiger partial charge in [-0.3, -0.25) is 44.1 Å². The zero-order chi connectivity index (χ0) is 95.6. The number of rotatable bonds is 15. The molecule has 31 nitrogen and oxygen atoms in total. The summed E-state index contributed by atoms with van der Waals surface area (Å²) >= 11 is 0. The van der Waals surface area contributed by atoms with Crippen LogP contribution in [0.3, 0.4) is 0 Å². The molecule has 19 fully saturated rings. The smallest absolute Gasteiger partial charge is 0.102 e. The number of nitrogens with two attached hydrogens (primary N) is 1. The van der Waals surface area contributed by atoms with Gasteiger partial charge in [-0.25, -0.2) is 4.39 Å². The van der Waals surface area contributed by atoms with Crippen LogP contribution in [0.5, 0.6) is 0 Å². The fraction of sp³-hybridized carbons (Fsp3) is 1.00. The Hall–Kier alpha value is -1.31. The summed E-state index contributed by atoms with van der Waals surface area (Å²) in [5.41, 5.74) is 6.51. The number of β-amino-alcohol motifs (C(OH)–C–C–N with tert-alkyl or cyclic N) is 1. The molecule has 0 aromatic carbocycles. The molecule has 18 aliphatic heterocycles. The average Bonchev–Trinajstić information content (AvgIpc) is 1.68. The van der Waals surface area contributed by atoms with Gasteiger partial charge in [0, 0.05) is 342 Å². The maximum atomic E-state index is 11.8. The van der Waals surface area contributed by atoms with E-state index >= 15 is 0 Å². The van der Waals surface area contributed by atoms with E-state index in [4.69, 9.17) is 20.3 Å². The van der Waals surface area contributed by atoms with Crippen LogP contribution >= 0.6 is 0 Å². The van der Waals surface area contributed by atoms with Gasteiger partial charge in [0.05, 0.1) is 32.5 Å². The molecule has 133 heavy (non-hydrogen) atoms. The van der Waals surface area contributed by atoms with Crippen molar-refractivity contribution in [2.75, 3.05) is 499 Å². The van der Waals surface area contributed by atoms with E-state index in [0.29, 0.717) is 36.4 Å². The number of nitrogens with one attached hydrogen (secondary N) is 4. The molecule has 19 aliphatic rings. The van der Waals surface area contributed by atoms with Crippen LogP contribution in [0.15, 0.2) is 0 Å². The minimum absolute atomic E-state index is 0.205. The second-order valence-corrected chi connectivity index (χ2v) is 44.2. The molecule has 0 amide bonds. The summed E-state index contributed by atoms with van der Waals surface area (Å²) in [6, 6.07) is 4.87. The highest BCUT2D eigenvalue weighted by atomic mass is 19.1. The van der Waals surface area contributed by atoms with E-state index in [9.17, 15) is 4.39 Å². The van der Waals surface area contributed by atoms with Gasteiger partial charge in [-0.05, 0) is 268 Å². The van der Waals surface area contributed by atoms with Gasteiger partial charge in [0.25, 0.3) is 0 Å². The highest BCUT2D eigenvalue weighted by Crippen LogP contribution is 2.31. The van der Waals surface area contributed by atoms with Gasteiger partial charge < -0.3 is 110 Å². The van der Waals surface area contributed by atoms with Crippen molar-refractivity contribution < 1.29 is 19.0 Å². The fourth-order valence-electron chi connectivity index (χ4n) is 22.4. The number of aliphatic hydroxyl groups excluding tert-OH is 1. The molecule has 6 atom stereocenters. The lowest BCUT2D eigenvalue weighted by molar-refractivity contribution is 0.00290. The Morgan fingerprint density at radius 1 is 0.346 bits per heavy atom. The van der Waals surface area contributed by atoms with E-state index in [1.54, 1.807) is 0 Å². The van der Waals surface area contributed by atoms with Gasteiger partial charge in [0.15, 0.2) is 0 Å². The molecule has 784 valence electrons. The summed E-state index contributed by atoms with van der Waals surface area (Å²) < 4.78 is 22.7. The zero-order valence-electron chi connectivity index (χ0n) is 89.6. The number of alkyl halides is 1. The van der Waals surface area contributed by atoms with Gasteiger partial charge in [-0.2, -0.15) is 0 Å². The second kappa shape index (κ2) is 66.6. The Morgan fingerprint density at radius 2 is 0.752 bits per heavy atom. The number of likely N-dealkylation sites (tertiary alicyclic amines) is 5. The molecule has 19 rings (SSSR count). The van der Waals surface area contributed by atoms with Gasteiger partial charge >= 0.3 is 0 Å². The standard InChI is InChI=1S/C10H21N3.C10H23N3.C10H20N2O.C10H20N2.C9H21N3.3C8H16N2.C7H15FN2.C7H17N3.C7H14N2O.C7H16N2O/c1-12-6-2-10(3-7-12)13-8-4-11-5-9-13;1-10-9-13(7-5-11(2)3)8-6-12(10)4;1-11-4-2-10(3-5-11)12-6-8-13-9-7-12;1-11-6-8-12(9-7-11)10-4-2-3-5-10;1-10(2)4-7-12-8-5-11(3)6-9-12;2*1-10-6-4-8(7-10)3-2-5-9-8;1-9-5-6-10-4-2-3-8(10)7-9;2*1-9-4-6-10(3-2-8)7-5-9;1-9-4-6-7(5-9)10-3-2-8-6;1-8-2-4-9(5-3-8)6-7-10/h10-11H,2-9H2,1H3;10H,5-9H2,1-4H3;10H,2-9H2,1H3;10H,2-9H2,1H3;4-9H2,1-3H3;2*9H,2-7H2,1H3;8H,2-7H2,1H3;2-7H2,1H3;2-8H2,1H3;6-8H,2-5H2,1H3;10H,2-7H2,1H3. The third kappa shape index (κ3) is 47.4. The third-order valence-corrected chi connectivity index (χ3v) is 32.2. The maximum absolute atomic E-state index is 11.8. The molecule has 18 heterocycles. The highest BCUT2D eigenvalue weighted by Gasteiger charge is 2.41. The Morgan fingerprint density at radius 3 is 1.18 bits per heavy atom. The van der Waals surface area contributed by atoms with Gasteiger partial charge in [0.1, 0.15) is 6.67 Å². The van der Waals surface area contributed by atoms with Crippen molar-refractivity contribution in [3.8, 4) is 0 Å². The number of aliphatic hydroxyl groups is 1. The van der Waals surface area contributed by atoms with Crippen molar-refractivity contribution in [3.05, 3.63) is 0 Å². The molecule has 1 aliphatic carbocycles. The highest BCUT2D eigenvalue weighted by molar-refractivity contribution is 5.01. The molecule has 0 aromatic rings. The summed E-state index contributed by atoms with van der Waals surface area (Å²) in [6.45, 7) is 68.9. The Kier molecular flexibility index (Phi) is 58.5. The lowest BCUT2D eigenvalue weighted by atomic mass is 9.97. The maximum Gasteiger partial charge on any atom is 0.102 e. The molecule has 7 N–H and O–H groups in total. The van der Waals surface area contributed by atoms with Crippen molar-refractivity contribution in [1.82, 2.24) is 134 Å². The number of piperazine rings is 8. The molecule has 1 saturated carbocycles. The SMILES string of the molecule is CC1CN(CCN(C)C)CCN1C.CN(C)CCN1CCN(C)CC1.CN1CC2NCCOC2C1.CN1CCC(N2CCNCC2)CC1.CN1CCC(N2CCOCC2)CC1.CN1CCC2(CCCN2)C1.CN1CCC2(CCCN2)C1.CN1CCN(C2CCCC2)CC1.CN1CCN(CCF)CC1.CN1CCN(CCN)CC1.CN1CCN(CCO)CC1.CN1CCN2CCCC2C1. The van der Waals surface area contributed by atoms with Crippen LogP contribution in [0.4, 0.5) is 4.39 Å². The van der Waals surface area contributed by atoms with Crippen LogP contribution in [0.1, 0.15) is 110 Å². The molecule has 32 heteroatoms. The molecular weight excluding hydrogens is 1670 g/mol. The predicted octanol–water partition coefficient (Wildman–Crippen LogP) is 0.749. The van der Waals surface area contributed by atoms with Crippen LogP contribution in [0.25, 0.3) is 0 Å². The minimum Gasteiger partial charge on any atom is -0.395 e. The Labute approximate surface area is 816 Å². The van der Waals surface area contributed by atoms with E-state index < -0.39 is 0 Å². The van der Waals surface area contributed by atoms with Gasteiger partial charge in [-0.1, -0.05) is 12.8 Å². The number of likely N-dealkylation sites (N-methyl/N-ethyl adjacent to an activating group) is 12. The van der Waals surface area contributed by atoms with Crippen LogP contribution < -0.4 is 27.0 Å². The average molecular weight is 1890 g/mol. The summed E-state index contributed by atoms with van der Waals surface area (Å²) in [5, 5.41) is 22.7. The quantitative estimate of drug-likeness (QED) is 0.135. The fourth-order valence-corrected chi connectivity index (χ4v) is 22.4. The normalized spacial score (nSPS) is 30.5. The van der Waals surface area contributed by atoms with Crippen LogP contribution in [0.2, 0.25) is 0 Å². The molecule has 6 unspecified atom stereocenters. The van der Waals surface area contributed by atoms with Crippen LogP contribution in [0, 0.1) is 0 Å². The first-order valence-corrected chi connectivity index (χ1v) is 54.3. The van der Waals surface area contributed by atoms with E-state index in [1.807, 2.05) is 0 Å². The number of ether oxygens (including phenoxy) is 2. The largest absolute Gasteiger partial charge is 0.395 e. The Bertz CT molecular complexity index is 2640. The number of nitrogens with zero attached hydrogens (tertiary/aromatic N) is 23. The van der Waals surface area contributed by atoms with Crippen molar-refractivity contribution in [2.45, 2.75) is 163 Å². The van der Waals surface area contributed by atoms with E-state index in [-0.39, 0.29) is 6.67 Å². The summed E-state index contributed by atoms with van der Waals surface area (Å²) in [5.74, 6) is 0. The molecule has 0 aromatic heterocycles. The summed E-state index contributed by atoms with van der Waals surface area (Å²) in [7, 11) is 34.9. The van der Waals surface area contributed by atoms with E-state index in [2.05, 4.69) is 254 Å².